The molecule has 0 aromatic carbocycles. The Bertz CT molecular complexity index is 1190. The number of methoxy groups -OCH3 is 1. The van der Waals surface area contributed by atoms with Gasteiger partial charge in [0.15, 0.2) is 0 Å². The largest absolute Gasteiger partial charge is 0.481 e. The summed E-state index contributed by atoms with van der Waals surface area (Å²) in [5.41, 5.74) is 0. The second-order valence-electron chi connectivity index (χ2n) is 16.1. The molecule has 0 aliphatic heterocycles. The smallest absolute Gasteiger partial charge is 0.326 e. The zero-order valence-electron chi connectivity index (χ0n) is 39.6. The number of rotatable bonds is 45. The van der Waals surface area contributed by atoms with Crippen LogP contribution in [0, 0.1) is 5.92 Å². The van der Waals surface area contributed by atoms with E-state index in [2.05, 4.69) is 16.0 Å². The van der Waals surface area contributed by atoms with Gasteiger partial charge in [-0.25, -0.2) is 4.79 Å². The summed E-state index contributed by atoms with van der Waals surface area (Å²) in [4.78, 5) is 80.0. The summed E-state index contributed by atoms with van der Waals surface area (Å²) in [6.07, 6.45) is 22.4. The van der Waals surface area contributed by atoms with E-state index in [1.165, 1.54) is 51.4 Å². The van der Waals surface area contributed by atoms with Gasteiger partial charge in [0.1, 0.15) is 30.8 Å². The van der Waals surface area contributed by atoms with Gasteiger partial charge in [-0.05, 0) is 51.9 Å². The molecule has 0 aliphatic carbocycles. The number of unbranched alkanes of at least 4 members (excludes halogenated alkanes) is 15. The summed E-state index contributed by atoms with van der Waals surface area (Å²) < 4.78 is 20.5. The Labute approximate surface area is 378 Å². The van der Waals surface area contributed by atoms with E-state index in [0.717, 1.165) is 77.0 Å². The van der Waals surface area contributed by atoms with E-state index in [1.54, 1.807) is 14.0 Å². The van der Waals surface area contributed by atoms with Crippen molar-refractivity contribution >= 4 is 41.2 Å². The molecule has 0 aromatic rings. The van der Waals surface area contributed by atoms with Crippen LogP contribution >= 0.6 is 0 Å². The highest BCUT2D eigenvalue weighted by atomic mass is 16.5. The third-order valence-corrected chi connectivity index (χ3v) is 10.4. The third-order valence-electron chi connectivity index (χ3n) is 10.4. The minimum atomic E-state index is -1.08. The molecular formula is C47H87N3O13. The quantitative estimate of drug-likeness (QED) is 0.0384. The summed E-state index contributed by atoms with van der Waals surface area (Å²) in [5, 5.41) is 25.9. The number of Topliss-reactive ketones (excluding diaryl/α,β-unsaturated/α-hetero) is 2. The SMILES string of the molecule is CCCCC(=O)CC[C@H](NC(=O)CCCCCCCCCCCCCCCCC(=O)O)C(=O)O.CC[C@@H](CCCCNC(=O)COCCOCCNC(=O)COCCOC)C(C)=O. The van der Waals surface area contributed by atoms with Gasteiger partial charge in [-0.15, -0.1) is 0 Å². The predicted molar refractivity (Wildman–Crippen MR) is 244 cm³/mol. The maximum atomic E-state index is 12.1. The van der Waals surface area contributed by atoms with E-state index >= 15 is 0 Å². The van der Waals surface area contributed by atoms with E-state index in [0.29, 0.717) is 65.4 Å². The van der Waals surface area contributed by atoms with Crippen molar-refractivity contribution in [3.05, 3.63) is 0 Å². The molecule has 0 heterocycles. The van der Waals surface area contributed by atoms with Crippen molar-refractivity contribution in [1.82, 2.24) is 16.0 Å². The maximum absolute atomic E-state index is 12.1. The number of nitrogens with one attached hydrogen (secondary N) is 3. The number of hydrogen-bond acceptors (Lipinski definition) is 11. The molecule has 0 unspecified atom stereocenters. The van der Waals surface area contributed by atoms with Gasteiger partial charge >= 0.3 is 11.9 Å². The van der Waals surface area contributed by atoms with Crippen LogP contribution in [0.2, 0.25) is 0 Å². The first-order valence-corrected chi connectivity index (χ1v) is 23.9. The Morgan fingerprint density at radius 3 is 1.51 bits per heavy atom. The third kappa shape index (κ3) is 46.3. The first-order chi connectivity index (χ1) is 30.4. The van der Waals surface area contributed by atoms with Gasteiger partial charge in [-0.1, -0.05) is 104 Å². The van der Waals surface area contributed by atoms with Crippen molar-refractivity contribution < 1.29 is 62.7 Å². The predicted octanol–water partition coefficient (Wildman–Crippen LogP) is 7.12. The first kappa shape index (κ1) is 61.6. The van der Waals surface area contributed by atoms with Gasteiger partial charge in [-0.2, -0.15) is 0 Å². The minimum Gasteiger partial charge on any atom is -0.481 e. The van der Waals surface area contributed by atoms with Crippen LogP contribution in [0.25, 0.3) is 0 Å². The van der Waals surface area contributed by atoms with Crippen molar-refractivity contribution in [2.75, 3.05) is 66.4 Å². The lowest BCUT2D eigenvalue weighted by Gasteiger charge is -2.14. The number of ether oxygens (including phenoxy) is 4. The van der Waals surface area contributed by atoms with Crippen molar-refractivity contribution in [1.29, 1.82) is 0 Å². The van der Waals surface area contributed by atoms with E-state index in [4.69, 9.17) is 24.1 Å². The number of carbonyl (C=O) groups is 7. The molecule has 16 nitrogen and oxygen atoms in total. The van der Waals surface area contributed by atoms with E-state index < -0.39 is 18.0 Å². The van der Waals surface area contributed by atoms with Gasteiger partial charge in [-0.3, -0.25) is 28.8 Å². The van der Waals surface area contributed by atoms with E-state index in [-0.39, 0.29) is 61.3 Å². The van der Waals surface area contributed by atoms with Gasteiger partial charge < -0.3 is 45.1 Å². The van der Waals surface area contributed by atoms with Crippen LogP contribution in [0.4, 0.5) is 0 Å². The molecule has 0 bridgehead atoms. The zero-order chi connectivity index (χ0) is 47.2. The number of ketones is 2. The molecular weight excluding hydrogens is 815 g/mol. The second kappa shape index (κ2) is 46.5. The van der Waals surface area contributed by atoms with Crippen LogP contribution in [0.15, 0.2) is 0 Å². The Kier molecular flexibility index (Phi) is 45.5. The summed E-state index contributed by atoms with van der Waals surface area (Å²) in [6, 6.07) is -0.977. The topological polar surface area (TPSA) is 233 Å². The lowest BCUT2D eigenvalue weighted by molar-refractivity contribution is -0.142. The number of carboxylic acid groups (broad SMARTS) is 2. The lowest BCUT2D eigenvalue weighted by Crippen LogP contribution is -2.41. The standard InChI is InChI=1S/C27H49NO6.C20H38N2O7/c1-2-3-18-23(29)21-22-24(27(33)34)28-25(30)19-16-14-12-10-8-6-4-5-7-9-11-13-15-17-20-26(31)32;1-4-18(17(2)23)7-5-6-8-21-19(24)15-29-14-13-27-10-9-22-20(25)16-28-12-11-26-3/h24H,2-22H2,1H3,(H,28,30)(H,31,32)(H,33,34);18H,4-16H2,1-3H3,(H,21,24)(H,22,25)/t24-;18-/m00/s1. The Morgan fingerprint density at radius 2 is 1.02 bits per heavy atom. The van der Waals surface area contributed by atoms with Crippen LogP contribution in [-0.4, -0.2) is 124 Å². The summed E-state index contributed by atoms with van der Waals surface area (Å²) >= 11 is 0. The number of hydrogen-bond donors (Lipinski definition) is 5. The fourth-order valence-corrected chi connectivity index (χ4v) is 6.51. The van der Waals surface area contributed by atoms with Gasteiger partial charge in [0.05, 0.1) is 33.0 Å². The van der Waals surface area contributed by atoms with Crippen LogP contribution in [0.1, 0.15) is 181 Å². The molecule has 0 aliphatic rings. The lowest BCUT2D eigenvalue weighted by atomic mass is 9.95. The average molecular weight is 902 g/mol. The molecule has 3 amide bonds. The van der Waals surface area contributed by atoms with Crippen LogP contribution in [-0.2, 0) is 52.5 Å². The van der Waals surface area contributed by atoms with Gasteiger partial charge in [0.2, 0.25) is 17.7 Å². The van der Waals surface area contributed by atoms with Crippen LogP contribution in [0.3, 0.4) is 0 Å². The van der Waals surface area contributed by atoms with Crippen molar-refractivity contribution in [2.45, 2.75) is 187 Å². The Hall–Kier alpha value is -3.47. The van der Waals surface area contributed by atoms with Crippen LogP contribution in [0.5, 0.6) is 0 Å². The molecule has 5 N–H and O–H groups in total. The van der Waals surface area contributed by atoms with Gasteiger partial charge in [0, 0.05) is 51.8 Å². The normalized spacial score (nSPS) is 11.8. The van der Waals surface area contributed by atoms with Crippen molar-refractivity contribution in [3.63, 3.8) is 0 Å². The minimum absolute atomic E-state index is 0.00248. The summed E-state index contributed by atoms with van der Waals surface area (Å²) in [5.74, 6) is -1.95. The van der Waals surface area contributed by atoms with Crippen molar-refractivity contribution in [2.24, 2.45) is 5.92 Å². The number of aliphatic carboxylic acids is 2. The fourth-order valence-electron chi connectivity index (χ4n) is 6.51. The fraction of sp³-hybridized carbons (Fsp3) is 0.851. The highest BCUT2D eigenvalue weighted by molar-refractivity contribution is 5.84. The van der Waals surface area contributed by atoms with E-state index in [9.17, 15) is 38.7 Å². The van der Waals surface area contributed by atoms with Crippen LogP contribution < -0.4 is 16.0 Å². The van der Waals surface area contributed by atoms with Gasteiger partial charge in [0.25, 0.3) is 0 Å². The molecule has 2 atom stereocenters. The first-order valence-electron chi connectivity index (χ1n) is 23.9. The molecule has 16 heteroatoms. The monoisotopic (exact) mass is 902 g/mol. The summed E-state index contributed by atoms with van der Waals surface area (Å²) in [6.45, 7) is 8.46. The van der Waals surface area contributed by atoms with E-state index in [1.807, 2.05) is 13.8 Å². The number of amides is 3. The summed E-state index contributed by atoms with van der Waals surface area (Å²) in [7, 11) is 1.57. The highest BCUT2D eigenvalue weighted by Gasteiger charge is 2.20. The maximum Gasteiger partial charge on any atom is 0.326 e. The number of carbonyl (C=O) groups excluding carboxylic acids is 5. The zero-order valence-corrected chi connectivity index (χ0v) is 39.6. The molecule has 0 saturated carbocycles. The molecule has 63 heavy (non-hydrogen) atoms. The van der Waals surface area contributed by atoms with Crippen molar-refractivity contribution in [3.8, 4) is 0 Å². The highest BCUT2D eigenvalue weighted by Crippen LogP contribution is 2.15. The molecule has 0 aromatic heterocycles. The molecule has 0 spiro atoms. The second-order valence-corrected chi connectivity index (χ2v) is 16.1. The number of carboxylic acids is 2. The molecule has 0 rings (SSSR count). The molecule has 0 radical (unpaired) electrons. The molecule has 0 saturated heterocycles. The average Bonchev–Trinajstić information content (AvgIpc) is 3.24. The molecule has 368 valence electrons. The Balaban J connectivity index is 0. The molecule has 0 fully saturated rings. The Morgan fingerprint density at radius 1 is 0.508 bits per heavy atom.